The summed E-state index contributed by atoms with van der Waals surface area (Å²) in [5.41, 5.74) is 1.00. The van der Waals surface area contributed by atoms with E-state index in [1.165, 1.54) is 0 Å². The molecule has 1 unspecified atom stereocenters. The van der Waals surface area contributed by atoms with Gasteiger partial charge in [0.1, 0.15) is 0 Å². The molecule has 1 rings (SSSR count). The number of hydrogen-bond acceptors (Lipinski definition) is 3. The molecule has 0 aliphatic carbocycles. The molecule has 0 aliphatic heterocycles. The van der Waals surface area contributed by atoms with Crippen molar-refractivity contribution in [3.05, 3.63) is 11.9 Å². The predicted octanol–water partition coefficient (Wildman–Crippen LogP) is 1.78. The molecule has 1 heterocycles. The largest absolute Gasteiger partial charge is 0.356 e. The van der Waals surface area contributed by atoms with Crippen molar-refractivity contribution < 1.29 is 6.17 Å². The maximum Gasteiger partial charge on any atom is 0.223 e. The van der Waals surface area contributed by atoms with Crippen LogP contribution in [0.5, 0.6) is 0 Å². The summed E-state index contributed by atoms with van der Waals surface area (Å²) in [5.74, 6) is 0.234. The number of amides is 1. The van der Waals surface area contributed by atoms with Gasteiger partial charge in [-0.1, -0.05) is 19.0 Å². The molecule has 0 spiro atoms. The first-order valence-corrected chi connectivity index (χ1v) is 6.67. The van der Waals surface area contributed by atoms with E-state index in [4.69, 9.17) is 1.37 Å². The molecule has 1 aromatic heterocycles. The van der Waals surface area contributed by atoms with Crippen LogP contribution in [0, 0.1) is 5.92 Å². The van der Waals surface area contributed by atoms with Gasteiger partial charge in [-0.15, -0.1) is 5.10 Å². The minimum Gasteiger partial charge on any atom is -0.356 e. The Morgan fingerprint density at radius 3 is 3.11 bits per heavy atom. The highest BCUT2D eigenvalue weighted by Gasteiger charge is 2.15. The first-order valence-electron chi connectivity index (χ1n) is 7.37. The fourth-order valence-electron chi connectivity index (χ4n) is 1.99. The first kappa shape index (κ1) is 13.1. The third-order valence-corrected chi connectivity index (χ3v) is 3.09. The van der Waals surface area contributed by atoms with Crippen molar-refractivity contribution in [3.63, 3.8) is 0 Å². The van der Waals surface area contributed by atoms with Crippen LogP contribution in [0.15, 0.2) is 6.20 Å². The lowest BCUT2D eigenvalue weighted by atomic mass is 9.99. The Morgan fingerprint density at radius 1 is 1.61 bits per heavy atom. The summed E-state index contributed by atoms with van der Waals surface area (Å²) in [6.45, 7) is 5.79. The third kappa shape index (κ3) is 4.13. The number of nitrogens with one attached hydrogen (secondary N) is 1. The van der Waals surface area contributed by atoms with E-state index in [-0.39, 0.29) is 11.8 Å². The SMILES string of the molecule is [3H]CCc1cnnn1CCCC(CC)C(=O)NCC. The van der Waals surface area contributed by atoms with Gasteiger partial charge >= 0.3 is 0 Å². The molecule has 102 valence electrons. The van der Waals surface area contributed by atoms with E-state index in [1.54, 1.807) is 6.20 Å². The summed E-state index contributed by atoms with van der Waals surface area (Å²) < 4.78 is 9.08. The Labute approximate surface area is 110 Å². The quantitative estimate of drug-likeness (QED) is 0.769. The van der Waals surface area contributed by atoms with Crippen LogP contribution >= 0.6 is 0 Å². The summed E-state index contributed by atoms with van der Waals surface area (Å²) >= 11 is 0. The molecule has 1 aromatic rings. The number of aromatic nitrogens is 3. The van der Waals surface area contributed by atoms with E-state index in [9.17, 15) is 4.79 Å². The van der Waals surface area contributed by atoms with E-state index in [0.717, 1.165) is 31.5 Å². The van der Waals surface area contributed by atoms with Crippen molar-refractivity contribution in [2.45, 2.75) is 53.0 Å². The number of aryl methyl sites for hydroxylation is 2. The number of nitrogens with zero attached hydrogens (tertiary/aromatic N) is 3. The van der Waals surface area contributed by atoms with E-state index in [0.29, 0.717) is 19.9 Å². The van der Waals surface area contributed by atoms with Gasteiger partial charge in [-0.05, 0) is 32.6 Å². The fourth-order valence-corrected chi connectivity index (χ4v) is 1.99. The predicted molar refractivity (Wildman–Crippen MR) is 71.1 cm³/mol. The smallest absolute Gasteiger partial charge is 0.223 e. The molecule has 0 aromatic carbocycles. The van der Waals surface area contributed by atoms with Crippen molar-refractivity contribution in [3.8, 4) is 0 Å². The van der Waals surface area contributed by atoms with Crippen LogP contribution in [0.3, 0.4) is 0 Å². The van der Waals surface area contributed by atoms with E-state index in [1.807, 2.05) is 18.5 Å². The van der Waals surface area contributed by atoms with Crippen molar-refractivity contribution in [1.29, 1.82) is 0 Å². The Kier molecular flexibility index (Phi) is 5.69. The summed E-state index contributed by atoms with van der Waals surface area (Å²) in [4.78, 5) is 11.8. The van der Waals surface area contributed by atoms with Crippen LogP contribution in [0.4, 0.5) is 0 Å². The molecular weight excluding hydrogens is 228 g/mol. The van der Waals surface area contributed by atoms with Gasteiger partial charge in [-0.3, -0.25) is 4.79 Å². The summed E-state index contributed by atoms with van der Waals surface area (Å²) in [7, 11) is 0. The summed E-state index contributed by atoms with van der Waals surface area (Å²) in [5, 5.41) is 10.8. The zero-order valence-electron chi connectivity index (χ0n) is 12.4. The van der Waals surface area contributed by atoms with Crippen LogP contribution in [-0.4, -0.2) is 27.4 Å². The average Bonchev–Trinajstić information content (AvgIpc) is 2.83. The molecule has 0 saturated heterocycles. The molecule has 0 saturated carbocycles. The highest BCUT2D eigenvalue weighted by molar-refractivity contribution is 5.78. The third-order valence-electron chi connectivity index (χ3n) is 3.09. The molecule has 0 aliphatic rings. The Hall–Kier alpha value is -1.39. The number of carbonyl (C=O) groups excluding carboxylic acids is 1. The van der Waals surface area contributed by atoms with Crippen LogP contribution in [0.2, 0.25) is 0 Å². The zero-order chi connectivity index (χ0) is 14.1. The fraction of sp³-hybridized carbons (Fsp3) is 0.769. The minimum absolute atomic E-state index is 0.0862. The second-order valence-electron chi connectivity index (χ2n) is 4.34. The number of carbonyl (C=O) groups is 1. The molecule has 0 fully saturated rings. The topological polar surface area (TPSA) is 59.8 Å². The Morgan fingerprint density at radius 2 is 2.44 bits per heavy atom. The Bertz CT molecular complexity index is 380. The molecule has 5 heteroatoms. The standard InChI is InChI=1S/C13H24N4O/c1-4-11(13(18)14-6-3)8-7-9-17-12(5-2)10-15-16-17/h10-11H,4-9H2,1-3H3,(H,14,18)/i2T. The zero-order valence-corrected chi connectivity index (χ0v) is 11.4. The molecule has 1 amide bonds. The van der Waals surface area contributed by atoms with Crippen molar-refractivity contribution in [2.75, 3.05) is 6.54 Å². The van der Waals surface area contributed by atoms with Gasteiger partial charge in [0, 0.05) is 20.4 Å². The maximum absolute atomic E-state index is 11.8. The van der Waals surface area contributed by atoms with E-state index in [2.05, 4.69) is 15.6 Å². The maximum atomic E-state index is 11.8. The highest BCUT2D eigenvalue weighted by atomic mass is 16.1. The average molecular weight is 254 g/mol. The number of rotatable bonds is 8. The lowest BCUT2D eigenvalue weighted by Crippen LogP contribution is -2.30. The van der Waals surface area contributed by atoms with Crippen molar-refractivity contribution in [2.24, 2.45) is 5.92 Å². The van der Waals surface area contributed by atoms with Crippen LogP contribution < -0.4 is 5.32 Å². The molecule has 1 atom stereocenters. The van der Waals surface area contributed by atoms with Gasteiger partial charge in [0.2, 0.25) is 5.91 Å². The van der Waals surface area contributed by atoms with Gasteiger partial charge in [0.25, 0.3) is 0 Å². The second kappa shape index (κ2) is 7.84. The van der Waals surface area contributed by atoms with Gasteiger partial charge in [0.15, 0.2) is 0 Å². The molecular formula is C13H24N4O. The minimum atomic E-state index is 0.0862. The lowest BCUT2D eigenvalue weighted by Gasteiger charge is -2.14. The van der Waals surface area contributed by atoms with Gasteiger partial charge < -0.3 is 5.32 Å². The second-order valence-corrected chi connectivity index (χ2v) is 4.34. The monoisotopic (exact) mass is 254 g/mol. The molecule has 18 heavy (non-hydrogen) atoms. The van der Waals surface area contributed by atoms with Crippen molar-refractivity contribution in [1.82, 2.24) is 20.3 Å². The van der Waals surface area contributed by atoms with Gasteiger partial charge in [0.05, 0.1) is 11.9 Å². The van der Waals surface area contributed by atoms with Gasteiger partial charge in [-0.25, -0.2) is 4.68 Å². The first-order chi connectivity index (χ1) is 9.22. The molecule has 1 N–H and O–H groups in total. The van der Waals surface area contributed by atoms with Crippen LogP contribution in [0.1, 0.15) is 47.1 Å². The van der Waals surface area contributed by atoms with E-state index < -0.39 is 0 Å². The molecule has 5 nitrogen and oxygen atoms in total. The lowest BCUT2D eigenvalue weighted by molar-refractivity contribution is -0.125. The van der Waals surface area contributed by atoms with Crippen LogP contribution in [0.25, 0.3) is 0 Å². The van der Waals surface area contributed by atoms with Gasteiger partial charge in [-0.2, -0.15) is 0 Å². The molecule has 0 bridgehead atoms. The summed E-state index contributed by atoms with van der Waals surface area (Å²) in [6.07, 6.45) is 5.03. The van der Waals surface area contributed by atoms with E-state index >= 15 is 0 Å². The van der Waals surface area contributed by atoms with Crippen molar-refractivity contribution >= 4 is 5.91 Å². The highest BCUT2D eigenvalue weighted by Crippen LogP contribution is 2.12. The summed E-state index contributed by atoms with van der Waals surface area (Å²) in [6, 6.07) is 0. The number of hydrogen-bond donors (Lipinski definition) is 1. The molecule has 0 radical (unpaired) electrons. The normalized spacial score (nSPS) is 13.1. The Balaban J connectivity index is 2.39. The van der Waals surface area contributed by atoms with Crippen LogP contribution in [-0.2, 0) is 17.8 Å².